The second-order valence-corrected chi connectivity index (χ2v) is 32.9. The normalized spacial score (nSPS) is 26.6. The van der Waals surface area contributed by atoms with Crippen LogP contribution in [0.2, 0.25) is 78.6 Å². The zero-order valence-electron chi connectivity index (χ0n) is 31.0. The van der Waals surface area contributed by atoms with E-state index in [0.29, 0.717) is 0 Å². The van der Waals surface area contributed by atoms with Crippen molar-refractivity contribution in [2.45, 2.75) is 117 Å². The van der Waals surface area contributed by atoms with E-state index in [1.807, 2.05) is 0 Å². The van der Waals surface area contributed by atoms with Gasteiger partial charge in [-0.1, -0.05) is 0 Å². The van der Waals surface area contributed by atoms with Crippen molar-refractivity contribution in [3.05, 3.63) is 23.0 Å². The maximum atomic E-state index is 13.0. The smallest absolute Gasteiger partial charge is 0.376 e. The number of hydrogen-bond acceptors (Lipinski definition) is 12. The van der Waals surface area contributed by atoms with E-state index in [9.17, 15) is 9.59 Å². The average molecular weight is 725 g/mol. The molecule has 0 aromatic rings. The first-order valence-corrected chi connectivity index (χ1v) is 29.3. The van der Waals surface area contributed by atoms with Crippen LogP contribution in [0.5, 0.6) is 0 Å². The molecule has 1 aliphatic heterocycles. The molecule has 0 aliphatic carbocycles. The minimum atomic E-state index is -2.17. The zero-order valence-corrected chi connectivity index (χ0v) is 35.0. The Labute approximate surface area is 280 Å². The molecule has 0 aromatic carbocycles. The summed E-state index contributed by atoms with van der Waals surface area (Å²) in [5, 5.41) is 0. The molecule has 0 saturated heterocycles. The molecule has 1 aliphatic rings. The lowest BCUT2D eigenvalue weighted by Gasteiger charge is -2.37. The highest BCUT2D eigenvalue weighted by atomic mass is 28.4. The maximum Gasteiger partial charge on any atom is 0.376 e. The molecule has 16 heteroatoms. The molecule has 4 atom stereocenters. The van der Waals surface area contributed by atoms with Gasteiger partial charge >= 0.3 is 11.9 Å². The Balaban J connectivity index is 3.86. The van der Waals surface area contributed by atoms with E-state index in [-0.39, 0.29) is 49.5 Å². The van der Waals surface area contributed by atoms with Crippen LogP contribution in [0, 0.1) is 0 Å². The summed E-state index contributed by atoms with van der Waals surface area (Å²) in [6.45, 7) is 27.9. The molecule has 0 fully saturated rings. The van der Waals surface area contributed by atoms with Gasteiger partial charge < -0.3 is 46.1 Å². The molecule has 0 saturated carbocycles. The van der Waals surface area contributed by atoms with Gasteiger partial charge in [-0.25, -0.2) is 9.59 Å². The van der Waals surface area contributed by atoms with Crippen LogP contribution in [0.25, 0.3) is 0 Å². The molecule has 0 spiro atoms. The van der Waals surface area contributed by atoms with Crippen molar-refractivity contribution >= 4 is 45.2 Å². The van der Waals surface area contributed by atoms with E-state index in [1.165, 1.54) is 14.2 Å². The molecule has 0 radical (unpaired) electrons. The van der Waals surface area contributed by atoms with Gasteiger partial charge in [-0.05, 0) is 92.4 Å². The van der Waals surface area contributed by atoms with E-state index in [4.69, 9.17) is 46.1 Å². The molecule has 46 heavy (non-hydrogen) atoms. The van der Waals surface area contributed by atoms with Crippen LogP contribution in [0.1, 0.15) is 13.8 Å². The number of allylic oxidation sites excluding steroid dienone is 2. The SMILES string of the molecule is COC(=O)/C1=C(\C)OC[C@H](O[Si](C)(C)C)C(O[Si](C)(C)C)CO/C(C(=O)OC)=C(\C)OCC(O[Si](C)(C)C)[C@H](O[Si](C)(C)C)CO1. The number of carbonyl (C=O) groups is 2. The van der Waals surface area contributed by atoms with Crippen LogP contribution >= 0.6 is 0 Å². The van der Waals surface area contributed by atoms with Crippen LogP contribution in [0.15, 0.2) is 23.0 Å². The second-order valence-electron chi connectivity index (χ2n) is 15.1. The van der Waals surface area contributed by atoms with Crippen molar-refractivity contribution in [1.29, 1.82) is 0 Å². The van der Waals surface area contributed by atoms with Crippen LogP contribution in [-0.2, 0) is 55.7 Å². The highest BCUT2D eigenvalue weighted by Crippen LogP contribution is 2.25. The summed E-state index contributed by atoms with van der Waals surface area (Å²) >= 11 is 0. The Morgan fingerprint density at radius 2 is 0.696 bits per heavy atom. The van der Waals surface area contributed by atoms with Crippen LogP contribution in [0.3, 0.4) is 0 Å². The Kier molecular flexibility index (Phi) is 16.2. The maximum absolute atomic E-state index is 13.0. The van der Waals surface area contributed by atoms with Gasteiger partial charge in [0.15, 0.2) is 33.3 Å². The van der Waals surface area contributed by atoms with Crippen molar-refractivity contribution < 1.29 is 55.7 Å². The lowest BCUT2D eigenvalue weighted by molar-refractivity contribution is -0.142. The molecule has 1 rings (SSSR count). The molecule has 0 aromatic heterocycles. The van der Waals surface area contributed by atoms with Gasteiger partial charge in [-0.3, -0.25) is 0 Å². The topological polar surface area (TPSA) is 126 Å². The molecule has 0 bridgehead atoms. The van der Waals surface area contributed by atoms with Crippen molar-refractivity contribution in [2.75, 3.05) is 40.6 Å². The fourth-order valence-corrected chi connectivity index (χ4v) is 8.87. The number of methoxy groups -OCH3 is 2. The Morgan fingerprint density at radius 1 is 0.478 bits per heavy atom. The largest absolute Gasteiger partial charge is 0.491 e. The summed E-state index contributed by atoms with van der Waals surface area (Å²) in [7, 11) is -6.10. The lowest BCUT2D eigenvalue weighted by atomic mass is 10.2. The predicted molar refractivity (Wildman–Crippen MR) is 186 cm³/mol. The second kappa shape index (κ2) is 17.6. The van der Waals surface area contributed by atoms with Crippen molar-refractivity contribution in [3.63, 3.8) is 0 Å². The molecule has 2 unspecified atom stereocenters. The Morgan fingerprint density at radius 3 is 0.891 bits per heavy atom. The van der Waals surface area contributed by atoms with Gasteiger partial charge in [0, 0.05) is 0 Å². The van der Waals surface area contributed by atoms with Crippen molar-refractivity contribution in [2.24, 2.45) is 0 Å². The number of carbonyl (C=O) groups excluding carboxylic acids is 2. The third-order valence-corrected chi connectivity index (χ3v) is 9.98. The number of hydrogen-bond donors (Lipinski definition) is 0. The summed E-state index contributed by atoms with van der Waals surface area (Å²) in [4.78, 5) is 25.9. The lowest BCUT2D eigenvalue weighted by Crippen LogP contribution is -2.49. The highest BCUT2D eigenvalue weighted by molar-refractivity contribution is 6.71. The summed E-state index contributed by atoms with van der Waals surface area (Å²) in [6, 6.07) is 0. The zero-order chi connectivity index (χ0) is 35.7. The highest BCUT2D eigenvalue weighted by Gasteiger charge is 2.37. The quantitative estimate of drug-likeness (QED) is 0.201. The summed E-state index contributed by atoms with van der Waals surface area (Å²) in [6.07, 6.45) is -2.49. The standard InChI is InChI=1S/C30H60O12Si4/c1-21-27(29(31)33-3)37-19-25(41-45(11,12)13)24(40-44(8,9)10)18-36-22(2)28(30(32)34-4)38-20-26(42-46(14,15)16)23(17-35-21)39-43(5,6)7/h23-26H,17-20H2,1-16H3/b27-21-,28-22+/t23-,24?,25+,26?/m0/s1. The van der Waals surface area contributed by atoms with Crippen molar-refractivity contribution in [3.8, 4) is 0 Å². The van der Waals surface area contributed by atoms with Gasteiger partial charge in [-0.15, -0.1) is 0 Å². The molecule has 12 nitrogen and oxygen atoms in total. The van der Waals surface area contributed by atoms with Crippen LogP contribution in [0.4, 0.5) is 0 Å². The number of esters is 2. The molecule has 268 valence electrons. The average Bonchev–Trinajstić information content (AvgIpc) is 2.88. The molecular weight excluding hydrogens is 665 g/mol. The Hall–Kier alpha value is -1.67. The summed E-state index contributed by atoms with van der Waals surface area (Å²) in [5.74, 6) is -1.11. The van der Waals surface area contributed by atoms with Crippen molar-refractivity contribution in [1.82, 2.24) is 0 Å². The Bertz CT molecular complexity index is 984. The van der Waals surface area contributed by atoms with Crippen LogP contribution in [-0.4, -0.2) is 110 Å². The summed E-state index contributed by atoms with van der Waals surface area (Å²) in [5.41, 5.74) is 0. The minimum Gasteiger partial charge on any atom is -0.491 e. The first-order chi connectivity index (χ1) is 20.9. The van der Waals surface area contributed by atoms with Gasteiger partial charge in [0.2, 0.25) is 11.5 Å². The van der Waals surface area contributed by atoms with Gasteiger partial charge in [0.25, 0.3) is 0 Å². The third kappa shape index (κ3) is 16.4. The minimum absolute atomic E-state index is 0.0153. The fourth-order valence-electron chi connectivity index (χ4n) is 4.36. The predicted octanol–water partition coefficient (Wildman–Crippen LogP) is 5.76. The molecule has 0 N–H and O–H groups in total. The first kappa shape index (κ1) is 42.4. The van der Waals surface area contributed by atoms with Gasteiger partial charge in [0.05, 0.1) is 14.2 Å². The monoisotopic (exact) mass is 724 g/mol. The first-order valence-electron chi connectivity index (χ1n) is 15.7. The summed E-state index contributed by atoms with van der Waals surface area (Å²) < 4.78 is 61.0. The van der Waals surface area contributed by atoms with E-state index < -0.39 is 69.6 Å². The molecule has 0 amide bonds. The van der Waals surface area contributed by atoms with Gasteiger partial charge in [0.1, 0.15) is 62.4 Å². The number of rotatable bonds is 10. The fraction of sp³-hybridized carbons (Fsp3) is 0.800. The molecule has 1 heterocycles. The van der Waals surface area contributed by atoms with Gasteiger partial charge in [-0.2, -0.15) is 0 Å². The van der Waals surface area contributed by atoms with E-state index >= 15 is 0 Å². The van der Waals surface area contributed by atoms with E-state index in [1.54, 1.807) is 13.8 Å². The third-order valence-electron chi connectivity index (χ3n) is 5.94. The van der Waals surface area contributed by atoms with Crippen LogP contribution < -0.4 is 0 Å². The van der Waals surface area contributed by atoms with E-state index in [0.717, 1.165) is 0 Å². The number of ether oxygens (including phenoxy) is 6. The molecular formula is C30H60O12Si4. The van der Waals surface area contributed by atoms with E-state index in [2.05, 4.69) is 78.6 Å².